The van der Waals surface area contributed by atoms with Crippen molar-refractivity contribution in [1.82, 2.24) is 4.31 Å². The summed E-state index contributed by atoms with van der Waals surface area (Å²) < 4.78 is 44.7. The number of piperidine rings is 1. The molecule has 0 spiro atoms. The number of carbonyl (C=O) groups is 1. The maximum Gasteiger partial charge on any atom is 0.306 e. The second kappa shape index (κ2) is 5.36. The van der Waals surface area contributed by atoms with Gasteiger partial charge in [-0.2, -0.15) is 4.31 Å². The number of aliphatic carboxylic acids is 1. The number of furan rings is 1. The molecule has 1 aromatic heterocycles. The molecule has 0 unspecified atom stereocenters. The van der Waals surface area contributed by atoms with Crippen LogP contribution in [0, 0.1) is 11.7 Å². The summed E-state index contributed by atoms with van der Waals surface area (Å²) in [7, 11) is -3.83. The van der Waals surface area contributed by atoms with Crippen molar-refractivity contribution >= 4 is 27.0 Å². The molecule has 0 radical (unpaired) electrons. The van der Waals surface area contributed by atoms with E-state index in [1.54, 1.807) is 0 Å². The number of rotatable bonds is 3. The highest BCUT2D eigenvalue weighted by molar-refractivity contribution is 7.89. The van der Waals surface area contributed by atoms with Gasteiger partial charge >= 0.3 is 5.97 Å². The molecule has 1 saturated heterocycles. The van der Waals surface area contributed by atoms with Crippen molar-refractivity contribution < 1.29 is 27.1 Å². The summed E-state index contributed by atoms with van der Waals surface area (Å²) in [4.78, 5) is 10.9. The van der Waals surface area contributed by atoms with E-state index in [0.29, 0.717) is 11.0 Å². The van der Waals surface area contributed by atoms with Gasteiger partial charge in [-0.15, -0.1) is 0 Å². The molecule has 2 aromatic rings. The van der Waals surface area contributed by atoms with Crippen LogP contribution in [0.25, 0.3) is 11.0 Å². The first kappa shape index (κ1) is 15.0. The summed E-state index contributed by atoms with van der Waals surface area (Å²) in [6.07, 6.45) is 0.535. The summed E-state index contributed by atoms with van der Waals surface area (Å²) in [5.41, 5.74) is 0.292. The van der Waals surface area contributed by atoms with E-state index in [-0.39, 0.29) is 31.0 Å². The average molecular weight is 327 g/mol. The quantitative estimate of drug-likeness (QED) is 0.932. The number of hydrogen-bond acceptors (Lipinski definition) is 4. The summed E-state index contributed by atoms with van der Waals surface area (Å²) in [5, 5.41) is 9.07. The maximum atomic E-state index is 13.2. The Kier molecular flexibility index (Phi) is 3.65. The Morgan fingerprint density at radius 2 is 1.95 bits per heavy atom. The van der Waals surface area contributed by atoms with E-state index in [0.717, 1.165) is 0 Å². The van der Waals surface area contributed by atoms with Gasteiger partial charge in [-0.3, -0.25) is 4.79 Å². The van der Waals surface area contributed by atoms with Crippen molar-refractivity contribution in [2.45, 2.75) is 17.9 Å². The summed E-state index contributed by atoms with van der Waals surface area (Å²) in [6.45, 7) is 0.259. The van der Waals surface area contributed by atoms with Crippen LogP contribution >= 0.6 is 0 Å². The van der Waals surface area contributed by atoms with Crippen LogP contribution < -0.4 is 0 Å². The topological polar surface area (TPSA) is 87.8 Å². The molecule has 1 aliphatic heterocycles. The molecule has 0 atom stereocenters. The highest BCUT2D eigenvalue weighted by atomic mass is 32.2. The van der Waals surface area contributed by atoms with Gasteiger partial charge in [0, 0.05) is 24.5 Å². The van der Waals surface area contributed by atoms with E-state index in [9.17, 15) is 17.6 Å². The average Bonchev–Trinajstić information content (AvgIpc) is 2.91. The maximum absolute atomic E-state index is 13.2. The monoisotopic (exact) mass is 327 g/mol. The van der Waals surface area contributed by atoms with E-state index < -0.39 is 27.7 Å². The Labute approximate surface area is 126 Å². The third kappa shape index (κ3) is 2.59. The predicted molar refractivity (Wildman–Crippen MR) is 75.3 cm³/mol. The van der Waals surface area contributed by atoms with E-state index >= 15 is 0 Å². The second-order valence-electron chi connectivity index (χ2n) is 5.26. The highest BCUT2D eigenvalue weighted by Gasteiger charge is 2.33. The van der Waals surface area contributed by atoms with Crippen molar-refractivity contribution in [3.8, 4) is 0 Å². The molecule has 0 amide bonds. The minimum Gasteiger partial charge on any atom is -0.481 e. The number of benzene rings is 1. The van der Waals surface area contributed by atoms with Gasteiger partial charge < -0.3 is 9.52 Å². The van der Waals surface area contributed by atoms with E-state index in [2.05, 4.69) is 0 Å². The zero-order valence-corrected chi connectivity index (χ0v) is 12.3. The van der Waals surface area contributed by atoms with Crippen LogP contribution in [0.15, 0.2) is 33.8 Å². The number of carboxylic acids is 1. The molecule has 1 aliphatic rings. The number of fused-ring (bicyclic) bond motifs is 1. The minimum atomic E-state index is -3.83. The van der Waals surface area contributed by atoms with Crippen molar-refractivity contribution in [1.29, 1.82) is 0 Å². The summed E-state index contributed by atoms with van der Waals surface area (Å²) >= 11 is 0. The van der Waals surface area contributed by atoms with Crippen LogP contribution in [-0.2, 0) is 14.8 Å². The molecule has 0 aliphatic carbocycles. The fourth-order valence-corrected chi connectivity index (χ4v) is 4.00. The molecule has 0 bridgehead atoms. The molecule has 118 valence electrons. The standard InChI is InChI=1S/C14H14FNO5S/c15-11-1-2-12-10(7-11)8-13(21-12)22(19,20)16-5-3-9(4-6-16)14(17)18/h1-2,7-9H,3-6H2,(H,17,18). The molecule has 1 N–H and O–H groups in total. The Bertz CT molecular complexity index is 821. The largest absolute Gasteiger partial charge is 0.481 e. The SMILES string of the molecule is O=C(O)C1CCN(S(=O)(=O)c2cc3cc(F)ccc3o2)CC1. The van der Waals surface area contributed by atoms with Gasteiger partial charge in [0.05, 0.1) is 5.92 Å². The molecule has 3 rings (SSSR count). The number of hydrogen-bond donors (Lipinski definition) is 1. The van der Waals surface area contributed by atoms with Gasteiger partial charge in [-0.1, -0.05) is 0 Å². The molecule has 1 fully saturated rings. The lowest BCUT2D eigenvalue weighted by Gasteiger charge is -2.28. The lowest BCUT2D eigenvalue weighted by atomic mass is 9.99. The molecular weight excluding hydrogens is 313 g/mol. The van der Waals surface area contributed by atoms with Gasteiger partial charge in [-0.25, -0.2) is 12.8 Å². The fourth-order valence-electron chi connectivity index (χ4n) is 2.59. The molecule has 8 heteroatoms. The Hall–Kier alpha value is -1.93. The van der Waals surface area contributed by atoms with Gasteiger partial charge in [0.2, 0.25) is 5.09 Å². The molecule has 6 nitrogen and oxygen atoms in total. The fraction of sp³-hybridized carbons (Fsp3) is 0.357. The lowest BCUT2D eigenvalue weighted by molar-refractivity contribution is -0.142. The van der Waals surface area contributed by atoms with Crippen LogP contribution in [0.5, 0.6) is 0 Å². The number of nitrogens with zero attached hydrogens (tertiary/aromatic N) is 1. The van der Waals surface area contributed by atoms with E-state index in [4.69, 9.17) is 9.52 Å². The van der Waals surface area contributed by atoms with Crippen LogP contribution in [-0.4, -0.2) is 36.9 Å². The summed E-state index contributed by atoms with van der Waals surface area (Å²) in [6, 6.07) is 5.06. The van der Waals surface area contributed by atoms with Crippen molar-refractivity contribution in [2.24, 2.45) is 5.92 Å². The van der Waals surface area contributed by atoms with Crippen molar-refractivity contribution in [3.05, 3.63) is 30.1 Å². The van der Waals surface area contributed by atoms with E-state index in [1.807, 2.05) is 0 Å². The molecule has 1 aromatic carbocycles. The van der Waals surface area contributed by atoms with Crippen LogP contribution in [0.4, 0.5) is 4.39 Å². The smallest absolute Gasteiger partial charge is 0.306 e. The van der Waals surface area contributed by atoms with Crippen LogP contribution in [0.2, 0.25) is 0 Å². The Balaban J connectivity index is 1.87. The highest BCUT2D eigenvalue weighted by Crippen LogP contribution is 2.28. The van der Waals surface area contributed by atoms with Gasteiger partial charge in [0.25, 0.3) is 10.0 Å². The number of sulfonamides is 1. The first-order chi connectivity index (χ1) is 10.4. The molecular formula is C14H14FNO5S. The zero-order chi connectivity index (χ0) is 15.9. The Morgan fingerprint density at radius 3 is 2.59 bits per heavy atom. The Morgan fingerprint density at radius 1 is 1.27 bits per heavy atom. The summed E-state index contributed by atoms with van der Waals surface area (Å²) in [5.74, 6) is -1.90. The lowest BCUT2D eigenvalue weighted by Crippen LogP contribution is -2.40. The third-order valence-corrected chi connectivity index (χ3v) is 5.61. The molecule has 0 saturated carbocycles. The van der Waals surface area contributed by atoms with Crippen LogP contribution in [0.1, 0.15) is 12.8 Å². The first-order valence-electron chi connectivity index (χ1n) is 6.80. The predicted octanol–water partition coefficient (Wildman–Crippen LogP) is 2.06. The normalized spacial score (nSPS) is 17.9. The zero-order valence-electron chi connectivity index (χ0n) is 11.5. The third-order valence-electron chi connectivity index (χ3n) is 3.85. The van der Waals surface area contributed by atoms with E-state index in [1.165, 1.54) is 28.6 Å². The van der Waals surface area contributed by atoms with Crippen molar-refractivity contribution in [2.75, 3.05) is 13.1 Å². The van der Waals surface area contributed by atoms with Gasteiger partial charge in [0.1, 0.15) is 11.4 Å². The van der Waals surface area contributed by atoms with Gasteiger partial charge in [-0.05, 0) is 31.0 Å². The molecule has 2 heterocycles. The minimum absolute atomic E-state index is 0.130. The number of carboxylic acid groups (broad SMARTS) is 1. The van der Waals surface area contributed by atoms with Crippen LogP contribution in [0.3, 0.4) is 0 Å². The second-order valence-corrected chi connectivity index (χ2v) is 7.13. The van der Waals surface area contributed by atoms with Crippen molar-refractivity contribution in [3.63, 3.8) is 0 Å². The van der Waals surface area contributed by atoms with Gasteiger partial charge in [0.15, 0.2) is 0 Å². The first-order valence-corrected chi connectivity index (χ1v) is 8.24. The number of halogens is 1. The molecule has 22 heavy (non-hydrogen) atoms.